The molecule has 1 aliphatic carbocycles. The first-order valence-corrected chi connectivity index (χ1v) is 9.18. The Balaban J connectivity index is 1.58. The van der Waals surface area contributed by atoms with Crippen LogP contribution in [0.4, 0.5) is 0 Å². The summed E-state index contributed by atoms with van der Waals surface area (Å²) in [6.07, 6.45) is 5.56. The number of amides is 1. The Hall–Kier alpha value is -0.910. The third-order valence-electron chi connectivity index (χ3n) is 5.71. The van der Waals surface area contributed by atoms with Crippen molar-refractivity contribution in [3.05, 3.63) is 21.4 Å². The van der Waals surface area contributed by atoms with Gasteiger partial charge in [-0.2, -0.15) is 0 Å². The average Bonchev–Trinajstić information content (AvgIpc) is 3.16. The predicted octanol–water partition coefficient (Wildman–Crippen LogP) is 2.10. The van der Waals surface area contributed by atoms with Gasteiger partial charge in [-0.3, -0.25) is 4.79 Å². The van der Waals surface area contributed by atoms with Gasteiger partial charge in [0.15, 0.2) is 0 Å². The average molecular weight is 321 g/mol. The number of aliphatic hydroxyl groups excluding tert-OH is 1. The Bertz CT molecular complexity index is 584. The molecule has 2 aliphatic heterocycles. The minimum absolute atomic E-state index is 0.115. The van der Waals surface area contributed by atoms with Gasteiger partial charge in [-0.15, -0.1) is 11.3 Å². The van der Waals surface area contributed by atoms with E-state index < -0.39 is 0 Å². The van der Waals surface area contributed by atoms with E-state index in [2.05, 4.69) is 5.38 Å². The van der Waals surface area contributed by atoms with Crippen molar-refractivity contribution < 1.29 is 14.6 Å². The van der Waals surface area contributed by atoms with Gasteiger partial charge in [-0.1, -0.05) is 0 Å². The van der Waals surface area contributed by atoms with Crippen LogP contribution in [0.5, 0.6) is 0 Å². The summed E-state index contributed by atoms with van der Waals surface area (Å²) in [5.74, 6) is 0.557. The fourth-order valence-electron chi connectivity index (χ4n) is 4.32. The molecule has 1 N–H and O–H groups in total. The summed E-state index contributed by atoms with van der Waals surface area (Å²) in [4.78, 5) is 15.9. The van der Waals surface area contributed by atoms with Crippen LogP contribution in [0.1, 0.15) is 40.1 Å². The molecule has 2 fully saturated rings. The molecule has 1 amide bonds. The highest BCUT2D eigenvalue weighted by atomic mass is 32.1. The van der Waals surface area contributed by atoms with Crippen molar-refractivity contribution in [1.82, 2.24) is 4.90 Å². The van der Waals surface area contributed by atoms with Gasteiger partial charge < -0.3 is 14.7 Å². The summed E-state index contributed by atoms with van der Waals surface area (Å²) < 4.78 is 5.59. The molecule has 3 aliphatic rings. The van der Waals surface area contributed by atoms with E-state index >= 15 is 0 Å². The summed E-state index contributed by atoms with van der Waals surface area (Å²) >= 11 is 1.62. The second kappa shape index (κ2) is 5.62. The minimum atomic E-state index is -0.231. The smallest absolute Gasteiger partial charge is 0.264 e. The third-order valence-corrected chi connectivity index (χ3v) is 6.77. The van der Waals surface area contributed by atoms with E-state index in [0.29, 0.717) is 19.1 Å². The van der Waals surface area contributed by atoms with Crippen LogP contribution in [0.25, 0.3) is 0 Å². The number of hydrogen-bond donors (Lipinski definition) is 1. The minimum Gasteiger partial charge on any atom is -0.396 e. The first kappa shape index (κ1) is 14.7. The molecule has 4 rings (SSSR count). The zero-order chi connectivity index (χ0) is 15.2. The van der Waals surface area contributed by atoms with E-state index in [1.165, 1.54) is 24.0 Å². The quantitative estimate of drug-likeness (QED) is 0.907. The number of rotatable bonds is 2. The molecular weight excluding hydrogens is 298 g/mol. The van der Waals surface area contributed by atoms with Crippen LogP contribution in [-0.2, 0) is 17.6 Å². The molecule has 22 heavy (non-hydrogen) atoms. The number of hydrogen-bond acceptors (Lipinski definition) is 4. The van der Waals surface area contributed by atoms with Crippen molar-refractivity contribution in [3.8, 4) is 0 Å². The van der Waals surface area contributed by atoms with Gasteiger partial charge in [0.1, 0.15) is 0 Å². The summed E-state index contributed by atoms with van der Waals surface area (Å²) in [7, 11) is 0. The molecule has 5 heteroatoms. The Morgan fingerprint density at radius 3 is 3.14 bits per heavy atom. The van der Waals surface area contributed by atoms with Crippen molar-refractivity contribution in [2.24, 2.45) is 11.3 Å². The molecule has 0 aromatic carbocycles. The van der Waals surface area contributed by atoms with Crippen molar-refractivity contribution in [2.75, 3.05) is 32.9 Å². The zero-order valence-electron chi connectivity index (χ0n) is 12.8. The van der Waals surface area contributed by atoms with Gasteiger partial charge >= 0.3 is 0 Å². The highest BCUT2D eigenvalue weighted by molar-refractivity contribution is 7.12. The number of nitrogens with zero attached hydrogens (tertiary/aromatic N) is 1. The Morgan fingerprint density at radius 1 is 1.45 bits per heavy atom. The maximum absolute atomic E-state index is 13.0. The summed E-state index contributed by atoms with van der Waals surface area (Å²) in [6.45, 7) is 2.86. The number of carbonyl (C=O) groups excluding carboxylic acids is 1. The molecule has 4 nitrogen and oxygen atoms in total. The van der Waals surface area contributed by atoms with Crippen LogP contribution < -0.4 is 0 Å². The standard InChI is InChI=1S/C17H23NO3S/c19-10-17-9-18(7-13(17)5-6-21-11-17)16(20)15-14-4-2-1-3-12(14)8-22-15/h8,13,19H,1-7,9-11H2/t13-,17+/m0/s1. The highest BCUT2D eigenvalue weighted by Crippen LogP contribution is 2.42. The highest BCUT2D eigenvalue weighted by Gasteiger charge is 2.49. The van der Waals surface area contributed by atoms with Gasteiger partial charge in [0.2, 0.25) is 0 Å². The molecule has 0 radical (unpaired) electrons. The SMILES string of the molecule is O=C(c1scc2c1CCCC2)N1C[C@@H]2CCOC[C@]2(CO)C1. The topological polar surface area (TPSA) is 49.8 Å². The number of aryl methyl sites for hydroxylation is 1. The van der Waals surface area contributed by atoms with Crippen molar-refractivity contribution in [3.63, 3.8) is 0 Å². The number of likely N-dealkylation sites (tertiary alicyclic amines) is 1. The van der Waals surface area contributed by atoms with Crippen LogP contribution in [-0.4, -0.2) is 48.8 Å². The number of thiophene rings is 1. The molecule has 3 heterocycles. The van der Waals surface area contributed by atoms with Gasteiger partial charge in [0, 0.05) is 25.1 Å². The molecule has 0 spiro atoms. The van der Waals surface area contributed by atoms with Crippen LogP contribution in [0.2, 0.25) is 0 Å². The van der Waals surface area contributed by atoms with E-state index in [0.717, 1.165) is 37.3 Å². The lowest BCUT2D eigenvalue weighted by molar-refractivity contribution is -0.0556. The molecule has 2 saturated heterocycles. The van der Waals surface area contributed by atoms with E-state index in [-0.39, 0.29) is 17.9 Å². The maximum Gasteiger partial charge on any atom is 0.264 e. The van der Waals surface area contributed by atoms with Gasteiger partial charge in [-0.25, -0.2) is 0 Å². The molecule has 120 valence electrons. The zero-order valence-corrected chi connectivity index (χ0v) is 13.7. The fraction of sp³-hybridized carbons (Fsp3) is 0.706. The fourth-order valence-corrected chi connectivity index (χ4v) is 5.44. The second-order valence-corrected chi connectivity index (χ2v) is 7.90. The number of aliphatic hydroxyl groups is 1. The Morgan fingerprint density at radius 2 is 2.32 bits per heavy atom. The van der Waals surface area contributed by atoms with Crippen molar-refractivity contribution in [2.45, 2.75) is 32.1 Å². The normalized spacial score (nSPS) is 31.0. The molecule has 1 aromatic heterocycles. The largest absolute Gasteiger partial charge is 0.396 e. The summed E-state index contributed by atoms with van der Waals surface area (Å²) in [5, 5.41) is 12.0. The van der Waals surface area contributed by atoms with Crippen LogP contribution >= 0.6 is 11.3 Å². The van der Waals surface area contributed by atoms with Crippen molar-refractivity contribution >= 4 is 17.2 Å². The summed E-state index contributed by atoms with van der Waals surface area (Å²) in [5.41, 5.74) is 2.45. The predicted molar refractivity (Wildman–Crippen MR) is 85.3 cm³/mol. The Kier molecular flexibility index (Phi) is 3.75. The van der Waals surface area contributed by atoms with Gasteiger partial charge in [-0.05, 0) is 54.5 Å². The number of ether oxygens (including phenoxy) is 1. The molecule has 2 atom stereocenters. The summed E-state index contributed by atoms with van der Waals surface area (Å²) in [6, 6.07) is 0. The third kappa shape index (κ3) is 2.22. The van der Waals surface area contributed by atoms with Crippen molar-refractivity contribution in [1.29, 1.82) is 0 Å². The molecular formula is C17H23NO3S. The molecule has 0 saturated carbocycles. The molecule has 1 aromatic rings. The number of fused-ring (bicyclic) bond motifs is 2. The van der Waals surface area contributed by atoms with E-state index in [4.69, 9.17) is 4.74 Å². The Labute approximate surface area is 135 Å². The van der Waals surface area contributed by atoms with Crippen LogP contribution in [0.3, 0.4) is 0 Å². The first-order chi connectivity index (χ1) is 10.7. The lowest BCUT2D eigenvalue weighted by atomic mass is 9.76. The van der Waals surface area contributed by atoms with Gasteiger partial charge in [0.05, 0.1) is 18.1 Å². The lowest BCUT2D eigenvalue weighted by Gasteiger charge is -2.36. The lowest BCUT2D eigenvalue weighted by Crippen LogP contribution is -2.43. The van der Waals surface area contributed by atoms with Crippen LogP contribution in [0, 0.1) is 11.3 Å². The van der Waals surface area contributed by atoms with Crippen LogP contribution in [0.15, 0.2) is 5.38 Å². The van der Waals surface area contributed by atoms with E-state index in [1.54, 1.807) is 11.3 Å². The van der Waals surface area contributed by atoms with E-state index in [1.807, 2.05) is 4.90 Å². The second-order valence-electron chi connectivity index (χ2n) is 7.02. The van der Waals surface area contributed by atoms with Gasteiger partial charge in [0.25, 0.3) is 5.91 Å². The maximum atomic E-state index is 13.0. The molecule has 0 bridgehead atoms. The number of carbonyl (C=O) groups is 1. The monoisotopic (exact) mass is 321 g/mol. The first-order valence-electron chi connectivity index (χ1n) is 8.31. The van der Waals surface area contributed by atoms with E-state index in [9.17, 15) is 9.90 Å². The molecule has 0 unspecified atom stereocenters.